The second-order valence-electron chi connectivity index (χ2n) is 2.81. The molecule has 7 nitrogen and oxygen atoms in total. The largest absolute Gasteiger partial charge is 0.464 e. The van der Waals surface area contributed by atoms with Gasteiger partial charge in [0.1, 0.15) is 4.61 Å². The van der Waals surface area contributed by atoms with E-state index >= 15 is 0 Å². The summed E-state index contributed by atoms with van der Waals surface area (Å²) in [5, 5.41) is 3.75. The van der Waals surface area contributed by atoms with Crippen molar-refractivity contribution in [2.24, 2.45) is 11.6 Å². The number of hydrogen-bond acceptors (Lipinski definition) is 6. The van der Waals surface area contributed by atoms with Crippen LogP contribution in [0.5, 0.6) is 0 Å². The van der Waals surface area contributed by atoms with Crippen LogP contribution in [0.1, 0.15) is 6.42 Å². The lowest BCUT2D eigenvalue weighted by Gasteiger charge is -2.18. The third-order valence-corrected chi connectivity index (χ3v) is 2.57. The Balaban J connectivity index is 4.20. The van der Waals surface area contributed by atoms with E-state index in [0.29, 0.717) is 25.9 Å². The van der Waals surface area contributed by atoms with Gasteiger partial charge in [-0.15, -0.1) is 0 Å². The minimum Gasteiger partial charge on any atom is -0.464 e. The molecule has 0 radical (unpaired) electrons. The van der Waals surface area contributed by atoms with Gasteiger partial charge in [0.25, 0.3) is 0 Å². The van der Waals surface area contributed by atoms with Crippen molar-refractivity contribution in [3.8, 4) is 0 Å². The molecular formula is C8H15BrN4O3. The van der Waals surface area contributed by atoms with E-state index in [1.54, 1.807) is 0 Å². The fourth-order valence-corrected chi connectivity index (χ4v) is 1.20. The van der Waals surface area contributed by atoms with Crippen LogP contribution in [0.25, 0.3) is 0 Å². The van der Waals surface area contributed by atoms with Crippen molar-refractivity contribution in [3.05, 3.63) is 10.3 Å². The number of methoxy groups -OCH3 is 1. The van der Waals surface area contributed by atoms with E-state index in [1.807, 2.05) is 0 Å². The molecule has 16 heavy (non-hydrogen) atoms. The molecule has 0 aromatic heterocycles. The Morgan fingerprint density at radius 1 is 1.62 bits per heavy atom. The Bertz CT molecular complexity index is 282. The van der Waals surface area contributed by atoms with E-state index in [0.717, 1.165) is 0 Å². The van der Waals surface area contributed by atoms with Crippen LogP contribution < -0.4 is 16.9 Å². The molecular weight excluding hydrogens is 280 g/mol. The monoisotopic (exact) mass is 294 g/mol. The highest BCUT2D eigenvalue weighted by atomic mass is 79.9. The van der Waals surface area contributed by atoms with Crippen LogP contribution >= 0.6 is 15.9 Å². The highest BCUT2D eigenvalue weighted by Gasteiger charge is 2.13. The van der Waals surface area contributed by atoms with Crippen LogP contribution in [0.15, 0.2) is 10.3 Å². The molecule has 1 amide bonds. The van der Waals surface area contributed by atoms with Gasteiger partial charge >= 0.3 is 5.97 Å². The van der Waals surface area contributed by atoms with Gasteiger partial charge < -0.3 is 20.8 Å². The SMILES string of the molecule is COC(=O)/C(N)=C(\Br)N(N)CCCNC=O. The summed E-state index contributed by atoms with van der Waals surface area (Å²) in [5.41, 5.74) is 5.36. The third kappa shape index (κ3) is 4.99. The summed E-state index contributed by atoms with van der Waals surface area (Å²) in [6.45, 7) is 0.925. The van der Waals surface area contributed by atoms with Gasteiger partial charge in [-0.3, -0.25) is 4.79 Å². The van der Waals surface area contributed by atoms with Crippen molar-refractivity contribution in [3.63, 3.8) is 0 Å². The van der Waals surface area contributed by atoms with Gasteiger partial charge in [-0.1, -0.05) is 0 Å². The molecule has 92 valence electrons. The molecule has 0 unspecified atom stereocenters. The molecule has 0 aliphatic carbocycles. The van der Waals surface area contributed by atoms with E-state index in [9.17, 15) is 9.59 Å². The smallest absolute Gasteiger partial charge is 0.356 e. The summed E-state index contributed by atoms with van der Waals surface area (Å²) in [7, 11) is 1.23. The number of carbonyl (C=O) groups excluding carboxylic acids is 2. The topological polar surface area (TPSA) is 111 Å². The minimum absolute atomic E-state index is 0.103. The third-order valence-electron chi connectivity index (χ3n) is 1.68. The number of hydrazine groups is 1. The maximum absolute atomic E-state index is 11.1. The lowest BCUT2D eigenvalue weighted by atomic mass is 10.4. The number of esters is 1. The first-order valence-corrected chi connectivity index (χ1v) is 5.26. The van der Waals surface area contributed by atoms with Crippen molar-refractivity contribution in [2.45, 2.75) is 6.42 Å². The second kappa shape index (κ2) is 7.94. The molecule has 0 spiro atoms. The van der Waals surface area contributed by atoms with Crippen LogP contribution in [0.4, 0.5) is 0 Å². The van der Waals surface area contributed by atoms with Crippen molar-refractivity contribution in [2.75, 3.05) is 20.2 Å². The Labute approximate surface area is 102 Å². The molecule has 0 saturated heterocycles. The van der Waals surface area contributed by atoms with Crippen LogP contribution in [0.2, 0.25) is 0 Å². The molecule has 0 aromatic carbocycles. The van der Waals surface area contributed by atoms with Crippen LogP contribution in [-0.2, 0) is 14.3 Å². The number of nitrogens with one attached hydrogen (secondary N) is 1. The summed E-state index contributed by atoms with van der Waals surface area (Å²) in [4.78, 5) is 21.0. The zero-order chi connectivity index (χ0) is 12.6. The number of amides is 1. The molecule has 0 saturated carbocycles. The molecule has 8 heteroatoms. The molecule has 0 aliphatic rings. The first-order chi connectivity index (χ1) is 7.54. The number of rotatable bonds is 7. The number of hydrogen-bond donors (Lipinski definition) is 3. The number of nitrogens with two attached hydrogens (primary N) is 2. The Morgan fingerprint density at radius 2 is 2.25 bits per heavy atom. The number of nitrogens with zero attached hydrogens (tertiary/aromatic N) is 1. The van der Waals surface area contributed by atoms with Gasteiger partial charge in [0.15, 0.2) is 5.70 Å². The normalized spacial score (nSPS) is 11.4. The number of carbonyl (C=O) groups is 2. The number of halogens is 1. The first-order valence-electron chi connectivity index (χ1n) is 4.47. The molecule has 0 fully saturated rings. The average molecular weight is 295 g/mol. The van der Waals surface area contributed by atoms with Crippen molar-refractivity contribution in [1.29, 1.82) is 0 Å². The zero-order valence-electron chi connectivity index (χ0n) is 8.90. The summed E-state index contributed by atoms with van der Waals surface area (Å²) in [5.74, 6) is 4.96. The van der Waals surface area contributed by atoms with Crippen LogP contribution in [-0.4, -0.2) is 37.6 Å². The molecule has 5 N–H and O–H groups in total. The van der Waals surface area contributed by atoms with Gasteiger partial charge in [-0.2, -0.15) is 0 Å². The molecule has 0 aromatic rings. The highest BCUT2D eigenvalue weighted by molar-refractivity contribution is 9.11. The van der Waals surface area contributed by atoms with E-state index in [-0.39, 0.29) is 10.3 Å². The van der Waals surface area contributed by atoms with Crippen molar-refractivity contribution >= 4 is 28.3 Å². The minimum atomic E-state index is -0.659. The quantitative estimate of drug-likeness (QED) is 0.106. The predicted octanol–water partition coefficient (Wildman–Crippen LogP) is -1.01. The molecule has 0 atom stereocenters. The van der Waals surface area contributed by atoms with E-state index in [4.69, 9.17) is 11.6 Å². The van der Waals surface area contributed by atoms with Gasteiger partial charge in [-0.05, 0) is 22.4 Å². The Hall–Kier alpha value is -1.28. The summed E-state index contributed by atoms with van der Waals surface area (Å²) >= 11 is 3.08. The lowest BCUT2D eigenvalue weighted by Crippen LogP contribution is -2.34. The van der Waals surface area contributed by atoms with Gasteiger partial charge in [-0.25, -0.2) is 10.6 Å². The Kier molecular flexibility index (Phi) is 7.31. The maximum Gasteiger partial charge on any atom is 0.356 e. The van der Waals surface area contributed by atoms with Crippen LogP contribution in [0.3, 0.4) is 0 Å². The van der Waals surface area contributed by atoms with Crippen molar-refractivity contribution < 1.29 is 14.3 Å². The highest BCUT2D eigenvalue weighted by Crippen LogP contribution is 2.12. The molecule has 0 bridgehead atoms. The fourth-order valence-electron chi connectivity index (χ4n) is 0.857. The summed E-state index contributed by atoms with van der Waals surface area (Å²) in [6, 6.07) is 0. The fraction of sp³-hybridized carbons (Fsp3) is 0.500. The van der Waals surface area contributed by atoms with Gasteiger partial charge in [0.05, 0.1) is 7.11 Å². The number of ether oxygens (including phenoxy) is 1. The van der Waals surface area contributed by atoms with Crippen molar-refractivity contribution in [1.82, 2.24) is 10.3 Å². The predicted molar refractivity (Wildman–Crippen MR) is 61.7 cm³/mol. The first kappa shape index (κ1) is 14.7. The van der Waals surface area contributed by atoms with E-state index < -0.39 is 5.97 Å². The molecule has 0 rings (SSSR count). The zero-order valence-corrected chi connectivity index (χ0v) is 10.5. The average Bonchev–Trinajstić information content (AvgIpc) is 2.31. The molecule has 0 aliphatic heterocycles. The lowest BCUT2D eigenvalue weighted by molar-refractivity contribution is -0.136. The van der Waals surface area contributed by atoms with Gasteiger partial charge in [0, 0.05) is 13.1 Å². The maximum atomic E-state index is 11.1. The Morgan fingerprint density at radius 3 is 2.75 bits per heavy atom. The summed E-state index contributed by atoms with van der Waals surface area (Å²) in [6.07, 6.45) is 1.23. The second-order valence-corrected chi connectivity index (χ2v) is 3.57. The van der Waals surface area contributed by atoms with E-state index in [1.165, 1.54) is 12.1 Å². The molecule has 0 heterocycles. The standard InChI is InChI=1S/C8H15BrN4O3/c1-16-8(15)6(10)7(9)13(11)4-2-3-12-5-14/h5H,2-4,10-11H2,1H3,(H,12,14)/b7-6-. The van der Waals surface area contributed by atoms with Gasteiger partial charge in [0.2, 0.25) is 6.41 Å². The van der Waals surface area contributed by atoms with E-state index in [2.05, 4.69) is 26.0 Å². The van der Waals surface area contributed by atoms with Crippen LogP contribution in [0, 0.1) is 0 Å². The summed E-state index contributed by atoms with van der Waals surface area (Å²) < 4.78 is 4.69.